The largest absolute Gasteiger partial charge is 0.330 e. The van der Waals surface area contributed by atoms with Crippen molar-refractivity contribution in [1.29, 1.82) is 0 Å². The van der Waals surface area contributed by atoms with E-state index in [9.17, 15) is 8.42 Å². The number of hydrogen-bond acceptors (Lipinski definition) is 4. The van der Waals surface area contributed by atoms with E-state index in [1.165, 1.54) is 4.31 Å². The van der Waals surface area contributed by atoms with E-state index >= 15 is 0 Å². The number of pyridine rings is 1. The van der Waals surface area contributed by atoms with E-state index < -0.39 is 10.0 Å². The van der Waals surface area contributed by atoms with Gasteiger partial charge in [0.1, 0.15) is 0 Å². The smallest absolute Gasteiger partial charge is 0.244 e. The molecule has 0 saturated carbocycles. The van der Waals surface area contributed by atoms with Crippen molar-refractivity contribution in [2.45, 2.75) is 24.8 Å². The normalized spacial score (nSPS) is 12.0. The third-order valence-corrected chi connectivity index (χ3v) is 6.27. The fourth-order valence-corrected chi connectivity index (χ4v) is 4.64. The average Bonchev–Trinajstić information content (AvgIpc) is 2.66. The molecule has 0 aliphatic heterocycles. The van der Waals surface area contributed by atoms with Gasteiger partial charge in [0.2, 0.25) is 10.0 Å². The summed E-state index contributed by atoms with van der Waals surface area (Å²) in [4.78, 5) is 4.65. The molecule has 26 heavy (non-hydrogen) atoms. The Balaban J connectivity index is 2.06. The van der Waals surface area contributed by atoms with E-state index in [4.69, 9.17) is 5.73 Å². The molecule has 0 fully saturated rings. The van der Waals surface area contributed by atoms with Gasteiger partial charge >= 0.3 is 0 Å². The number of fused-ring (bicyclic) bond motifs is 1. The van der Waals surface area contributed by atoms with Crippen LogP contribution in [0.3, 0.4) is 0 Å². The number of rotatable bonds is 7. The van der Waals surface area contributed by atoms with E-state index in [0.717, 1.165) is 11.1 Å². The summed E-state index contributed by atoms with van der Waals surface area (Å²) in [6.07, 6.45) is 2.29. The van der Waals surface area contributed by atoms with Crippen LogP contribution < -0.4 is 5.73 Å². The maximum absolute atomic E-state index is 13.4. The molecule has 2 aromatic carbocycles. The van der Waals surface area contributed by atoms with Crippen LogP contribution in [0.25, 0.3) is 10.9 Å². The van der Waals surface area contributed by atoms with Gasteiger partial charge in [-0.2, -0.15) is 4.31 Å². The van der Waals surface area contributed by atoms with Gasteiger partial charge in [0.05, 0.1) is 10.4 Å². The molecule has 0 spiro atoms. The van der Waals surface area contributed by atoms with Crippen molar-refractivity contribution in [2.24, 2.45) is 5.73 Å². The monoisotopic (exact) mass is 369 g/mol. The van der Waals surface area contributed by atoms with Gasteiger partial charge in [-0.25, -0.2) is 8.42 Å². The van der Waals surface area contributed by atoms with Gasteiger partial charge in [-0.3, -0.25) is 4.98 Å². The van der Waals surface area contributed by atoms with Crippen molar-refractivity contribution in [2.75, 3.05) is 13.1 Å². The van der Waals surface area contributed by atoms with Crippen LogP contribution in [0.1, 0.15) is 17.5 Å². The van der Waals surface area contributed by atoms with E-state index in [1.54, 1.807) is 18.3 Å². The van der Waals surface area contributed by atoms with Crippen LogP contribution in [0.15, 0.2) is 65.7 Å². The second-order valence-corrected chi connectivity index (χ2v) is 8.15. The van der Waals surface area contributed by atoms with E-state index in [2.05, 4.69) is 4.98 Å². The summed E-state index contributed by atoms with van der Waals surface area (Å²) in [5.74, 6) is 0. The minimum Gasteiger partial charge on any atom is -0.330 e. The molecule has 0 saturated heterocycles. The summed E-state index contributed by atoms with van der Waals surface area (Å²) in [6.45, 7) is 3.07. The zero-order valence-electron chi connectivity index (χ0n) is 14.8. The lowest BCUT2D eigenvalue weighted by molar-refractivity contribution is 0.402. The number of nitrogens with zero attached hydrogens (tertiary/aromatic N) is 2. The average molecular weight is 369 g/mol. The summed E-state index contributed by atoms with van der Waals surface area (Å²) in [5.41, 5.74) is 8.25. The van der Waals surface area contributed by atoms with Gasteiger partial charge in [-0.05, 0) is 49.2 Å². The highest BCUT2D eigenvalue weighted by Crippen LogP contribution is 2.27. The molecule has 3 rings (SSSR count). The molecule has 0 aliphatic rings. The van der Waals surface area contributed by atoms with Gasteiger partial charge in [0.25, 0.3) is 0 Å². The van der Waals surface area contributed by atoms with Gasteiger partial charge in [-0.1, -0.05) is 36.4 Å². The van der Waals surface area contributed by atoms with Crippen molar-refractivity contribution in [3.8, 4) is 0 Å². The number of benzene rings is 2. The Morgan fingerprint density at radius 3 is 2.54 bits per heavy atom. The van der Waals surface area contributed by atoms with Crippen molar-refractivity contribution in [1.82, 2.24) is 9.29 Å². The third kappa shape index (κ3) is 3.77. The van der Waals surface area contributed by atoms with Crippen LogP contribution in [0, 0.1) is 6.92 Å². The van der Waals surface area contributed by atoms with Crippen molar-refractivity contribution in [3.05, 3.63) is 71.9 Å². The van der Waals surface area contributed by atoms with E-state index in [1.807, 2.05) is 49.4 Å². The molecule has 0 radical (unpaired) electrons. The zero-order chi connectivity index (χ0) is 18.6. The maximum atomic E-state index is 13.4. The van der Waals surface area contributed by atoms with Crippen molar-refractivity contribution < 1.29 is 8.42 Å². The lowest BCUT2D eigenvalue weighted by Crippen LogP contribution is -2.32. The second-order valence-electron chi connectivity index (χ2n) is 6.25. The fraction of sp³-hybridized carbons (Fsp3) is 0.250. The minimum atomic E-state index is -3.68. The van der Waals surface area contributed by atoms with Crippen LogP contribution in [0.2, 0.25) is 0 Å². The summed E-state index contributed by atoms with van der Waals surface area (Å²) < 4.78 is 28.4. The number of nitrogens with two attached hydrogens (primary N) is 1. The molecular weight excluding hydrogens is 346 g/mol. The van der Waals surface area contributed by atoms with Gasteiger partial charge in [0, 0.05) is 24.7 Å². The first-order valence-corrected chi connectivity index (χ1v) is 10.1. The van der Waals surface area contributed by atoms with Crippen molar-refractivity contribution >= 4 is 20.9 Å². The number of aromatic nitrogens is 1. The number of aryl methyl sites for hydroxylation is 1. The topological polar surface area (TPSA) is 76.3 Å². The molecule has 0 bridgehead atoms. The lowest BCUT2D eigenvalue weighted by Gasteiger charge is -2.23. The first-order chi connectivity index (χ1) is 12.5. The molecular formula is C20H23N3O2S. The fourth-order valence-electron chi connectivity index (χ4n) is 2.99. The Morgan fingerprint density at radius 1 is 1.04 bits per heavy atom. The predicted molar refractivity (Wildman–Crippen MR) is 104 cm³/mol. The first-order valence-electron chi connectivity index (χ1n) is 8.62. The van der Waals surface area contributed by atoms with Gasteiger partial charge in [-0.15, -0.1) is 0 Å². The molecule has 3 aromatic rings. The molecule has 5 nitrogen and oxygen atoms in total. The van der Waals surface area contributed by atoms with E-state index in [0.29, 0.717) is 41.9 Å². The molecule has 1 aromatic heterocycles. The van der Waals surface area contributed by atoms with Crippen LogP contribution in [0.4, 0.5) is 0 Å². The highest BCUT2D eigenvalue weighted by atomic mass is 32.2. The highest BCUT2D eigenvalue weighted by molar-refractivity contribution is 7.89. The van der Waals surface area contributed by atoms with Crippen LogP contribution in [-0.2, 0) is 16.6 Å². The summed E-state index contributed by atoms with van der Waals surface area (Å²) in [7, 11) is -3.68. The van der Waals surface area contributed by atoms with Crippen molar-refractivity contribution in [3.63, 3.8) is 0 Å². The Bertz CT molecular complexity index is 988. The van der Waals surface area contributed by atoms with Crippen LogP contribution in [-0.4, -0.2) is 30.8 Å². The highest BCUT2D eigenvalue weighted by Gasteiger charge is 2.26. The quantitative estimate of drug-likeness (QED) is 0.694. The Labute approximate surface area is 154 Å². The van der Waals surface area contributed by atoms with Gasteiger partial charge in [0.15, 0.2) is 0 Å². The summed E-state index contributed by atoms with van der Waals surface area (Å²) in [6, 6.07) is 16.7. The molecule has 1 heterocycles. The number of sulfonamides is 1. The first kappa shape index (κ1) is 18.5. The molecule has 0 atom stereocenters. The summed E-state index contributed by atoms with van der Waals surface area (Å²) in [5, 5.41) is 0.651. The second kappa shape index (κ2) is 7.95. The molecule has 136 valence electrons. The molecule has 0 unspecified atom stereocenters. The molecule has 0 aliphatic carbocycles. The number of hydrogen-bond donors (Lipinski definition) is 1. The maximum Gasteiger partial charge on any atom is 0.244 e. The zero-order valence-corrected chi connectivity index (χ0v) is 15.6. The molecule has 6 heteroatoms. The van der Waals surface area contributed by atoms with Crippen LogP contribution in [0.5, 0.6) is 0 Å². The molecule has 0 amide bonds. The van der Waals surface area contributed by atoms with Gasteiger partial charge < -0.3 is 5.73 Å². The molecule has 2 N–H and O–H groups in total. The van der Waals surface area contributed by atoms with Crippen LogP contribution >= 0.6 is 0 Å². The summed E-state index contributed by atoms with van der Waals surface area (Å²) >= 11 is 0. The Morgan fingerprint density at radius 2 is 1.81 bits per heavy atom. The SMILES string of the molecule is Cc1ccc(S(=O)(=O)N(CCCN)Cc2ccccc2)c2cccnc12. The van der Waals surface area contributed by atoms with E-state index in [-0.39, 0.29) is 0 Å². The lowest BCUT2D eigenvalue weighted by atomic mass is 10.1. The minimum absolute atomic E-state index is 0.291. The predicted octanol–water partition coefficient (Wildman–Crippen LogP) is 3.08. The Hall–Kier alpha value is -2.28. The standard InChI is InChI=1S/C20H23N3O2S/c1-16-10-11-19(18-9-5-13-22-20(16)18)26(24,25)23(14-6-12-21)15-17-7-3-2-4-8-17/h2-5,7-11,13H,6,12,14-15,21H2,1H3. The third-order valence-electron chi connectivity index (χ3n) is 4.36. The Kier molecular flexibility index (Phi) is 5.66.